The molecule has 0 aliphatic carbocycles. The monoisotopic (exact) mass is 554 g/mol. The second-order valence-corrected chi connectivity index (χ2v) is 10.5. The van der Waals surface area contributed by atoms with E-state index in [0.29, 0.717) is 17.1 Å². The number of carbonyl (C=O) groups is 1. The summed E-state index contributed by atoms with van der Waals surface area (Å²) in [5.41, 5.74) is 0.119. The van der Waals surface area contributed by atoms with E-state index in [4.69, 9.17) is 4.74 Å². The lowest BCUT2D eigenvalue weighted by atomic mass is 9.69. The maximum Gasteiger partial charge on any atom is 0.404 e. The molecular weight excluding hydrogens is 534 g/mol. The van der Waals surface area contributed by atoms with Gasteiger partial charge < -0.3 is 4.74 Å². The number of carbonyl (C=O) groups excluding carboxylic acids is 1. The minimum Gasteiger partial charge on any atom is -0.440 e. The SMILES string of the molecule is O=C1OC(C2[n+]3ccccc3-c3c(F)cc(F)cc3C23c2cc(F)cc(F)c2-c2cccc[n+]23)C[n+]2ccccc21. The summed E-state index contributed by atoms with van der Waals surface area (Å²) in [5, 5.41) is 0. The van der Waals surface area contributed by atoms with Crippen LogP contribution < -0.4 is 13.7 Å². The fourth-order valence-corrected chi connectivity index (χ4v) is 7.06. The van der Waals surface area contributed by atoms with Crippen LogP contribution in [0.4, 0.5) is 17.6 Å². The van der Waals surface area contributed by atoms with Gasteiger partial charge in [-0.2, -0.15) is 13.7 Å². The first-order chi connectivity index (χ1) is 19.9. The Kier molecular flexibility index (Phi) is 4.84. The van der Waals surface area contributed by atoms with Crippen LogP contribution in [0.25, 0.3) is 22.5 Å². The number of aromatic nitrogens is 3. The predicted molar refractivity (Wildman–Crippen MR) is 135 cm³/mol. The molecule has 0 amide bonds. The minimum absolute atomic E-state index is 0.0956. The molecule has 3 aromatic heterocycles. The molecule has 0 bridgehead atoms. The minimum atomic E-state index is -1.61. The topological polar surface area (TPSA) is 37.9 Å². The van der Waals surface area contributed by atoms with Gasteiger partial charge in [0.2, 0.25) is 17.5 Å². The van der Waals surface area contributed by atoms with Gasteiger partial charge in [0.25, 0.3) is 17.3 Å². The summed E-state index contributed by atoms with van der Waals surface area (Å²) in [4.78, 5) is 13.3. The molecule has 0 N–H and O–H groups in total. The van der Waals surface area contributed by atoms with Crippen LogP contribution in [0.3, 0.4) is 0 Å². The maximum atomic E-state index is 15.9. The highest BCUT2D eigenvalue weighted by molar-refractivity contribution is 5.86. The Hall–Kier alpha value is -4.92. The second kappa shape index (κ2) is 8.30. The zero-order chi connectivity index (χ0) is 28.0. The van der Waals surface area contributed by atoms with E-state index in [1.165, 1.54) is 12.1 Å². The molecule has 3 atom stereocenters. The third-order valence-electron chi connectivity index (χ3n) is 8.44. The third-order valence-corrected chi connectivity index (χ3v) is 8.44. The van der Waals surface area contributed by atoms with Gasteiger partial charge in [0.05, 0.1) is 22.3 Å². The van der Waals surface area contributed by atoms with Crippen molar-refractivity contribution in [3.8, 4) is 22.5 Å². The van der Waals surface area contributed by atoms with Crippen LogP contribution in [0.2, 0.25) is 0 Å². The van der Waals surface area contributed by atoms with E-state index < -0.39 is 46.9 Å². The molecule has 41 heavy (non-hydrogen) atoms. The highest BCUT2D eigenvalue weighted by atomic mass is 19.1. The molecule has 6 heterocycles. The van der Waals surface area contributed by atoms with Crippen molar-refractivity contribution in [1.29, 1.82) is 0 Å². The highest BCUT2D eigenvalue weighted by Crippen LogP contribution is 2.54. The van der Waals surface area contributed by atoms with Gasteiger partial charge in [-0.05, 0) is 30.3 Å². The lowest BCUT2D eigenvalue weighted by molar-refractivity contribution is -0.835. The Balaban J connectivity index is 1.55. The van der Waals surface area contributed by atoms with E-state index in [2.05, 4.69) is 0 Å². The lowest BCUT2D eigenvalue weighted by Gasteiger charge is -2.38. The Morgan fingerprint density at radius 2 is 1.29 bits per heavy atom. The fraction of sp³-hybridized carbons (Fsp3) is 0.125. The van der Waals surface area contributed by atoms with E-state index in [-0.39, 0.29) is 28.8 Å². The van der Waals surface area contributed by atoms with Gasteiger partial charge >= 0.3 is 5.97 Å². The molecule has 0 fully saturated rings. The van der Waals surface area contributed by atoms with Crippen molar-refractivity contribution in [3.63, 3.8) is 0 Å². The molecule has 200 valence electrons. The van der Waals surface area contributed by atoms with Crippen LogP contribution in [0.5, 0.6) is 0 Å². The van der Waals surface area contributed by atoms with E-state index in [1.807, 2.05) is 0 Å². The zero-order valence-corrected chi connectivity index (χ0v) is 21.3. The Morgan fingerprint density at radius 3 is 2.00 bits per heavy atom. The summed E-state index contributed by atoms with van der Waals surface area (Å²) in [5.74, 6) is -3.88. The van der Waals surface area contributed by atoms with Crippen molar-refractivity contribution in [2.75, 3.05) is 0 Å². The quantitative estimate of drug-likeness (QED) is 0.176. The van der Waals surface area contributed by atoms with Crippen molar-refractivity contribution < 1.29 is 40.8 Å². The largest absolute Gasteiger partial charge is 0.440 e. The molecule has 9 heteroatoms. The number of esters is 1. The zero-order valence-electron chi connectivity index (χ0n) is 21.3. The number of halogens is 4. The van der Waals surface area contributed by atoms with E-state index in [1.54, 1.807) is 86.9 Å². The Bertz CT molecular complexity index is 1960. The van der Waals surface area contributed by atoms with Gasteiger partial charge in [-0.1, -0.05) is 0 Å². The summed E-state index contributed by atoms with van der Waals surface area (Å²) >= 11 is 0. The first-order valence-corrected chi connectivity index (χ1v) is 13.1. The number of pyridine rings is 3. The average Bonchev–Trinajstić information content (AvgIpc) is 3.24. The van der Waals surface area contributed by atoms with Gasteiger partial charge in [0, 0.05) is 48.5 Å². The van der Waals surface area contributed by atoms with Crippen molar-refractivity contribution in [2.45, 2.75) is 24.2 Å². The van der Waals surface area contributed by atoms with Crippen LogP contribution in [0, 0.1) is 23.3 Å². The molecule has 0 saturated heterocycles. The van der Waals surface area contributed by atoms with Gasteiger partial charge in [0.15, 0.2) is 25.1 Å². The molecule has 3 aliphatic heterocycles. The molecule has 1 spiro atoms. The lowest BCUT2D eigenvalue weighted by Crippen LogP contribution is -2.73. The predicted octanol–water partition coefficient (Wildman–Crippen LogP) is 4.34. The molecule has 0 saturated carbocycles. The number of rotatable bonds is 1. The Labute approximate surface area is 231 Å². The number of hydrogen-bond acceptors (Lipinski definition) is 2. The number of ether oxygens (including phenoxy) is 1. The summed E-state index contributed by atoms with van der Waals surface area (Å²) in [6.07, 6.45) is 4.26. The van der Waals surface area contributed by atoms with Gasteiger partial charge in [-0.15, -0.1) is 0 Å². The Morgan fingerprint density at radius 1 is 0.707 bits per heavy atom. The summed E-state index contributed by atoms with van der Waals surface area (Å²) in [7, 11) is 0. The summed E-state index contributed by atoms with van der Waals surface area (Å²) < 4.78 is 73.3. The molecule has 2 aromatic carbocycles. The van der Waals surface area contributed by atoms with Crippen LogP contribution in [0.1, 0.15) is 27.7 Å². The summed E-state index contributed by atoms with van der Waals surface area (Å²) in [6, 6.07) is 18.6. The van der Waals surface area contributed by atoms with Crippen LogP contribution in [-0.2, 0) is 16.8 Å². The average molecular weight is 555 g/mol. The van der Waals surface area contributed by atoms with Crippen LogP contribution >= 0.6 is 0 Å². The standard InChI is InChI=1S/C32H20F4N3O2/c33-18-13-20-28(22(35)15-18)24-7-2-5-11-38(24)30(27-17-37-10-4-1-9-26(37)31(40)41-27)32(20)21-14-19(34)16-23(36)29(21)25-8-3-6-12-39(25)32/h1-16,27,30H,17H2/q+3. The van der Waals surface area contributed by atoms with Crippen molar-refractivity contribution >= 4 is 5.97 Å². The smallest absolute Gasteiger partial charge is 0.404 e. The number of hydrogen-bond donors (Lipinski definition) is 0. The van der Waals surface area contributed by atoms with E-state index in [9.17, 15) is 4.79 Å². The molecule has 3 unspecified atom stereocenters. The van der Waals surface area contributed by atoms with Crippen LogP contribution in [0.15, 0.2) is 97.5 Å². The molecule has 3 aliphatic rings. The number of cyclic esters (lactones) is 1. The molecule has 5 aromatic rings. The fourth-order valence-electron chi connectivity index (χ4n) is 7.06. The van der Waals surface area contributed by atoms with Crippen LogP contribution in [-0.4, -0.2) is 12.1 Å². The van der Waals surface area contributed by atoms with Crippen molar-refractivity contribution in [3.05, 3.63) is 138 Å². The van der Waals surface area contributed by atoms with Crippen molar-refractivity contribution in [2.24, 2.45) is 0 Å². The van der Waals surface area contributed by atoms with E-state index in [0.717, 1.165) is 12.1 Å². The normalized spacial score (nSPS) is 21.4. The number of nitrogens with zero attached hydrogens (tertiary/aromatic N) is 3. The van der Waals surface area contributed by atoms with Crippen molar-refractivity contribution in [1.82, 2.24) is 0 Å². The second-order valence-electron chi connectivity index (χ2n) is 10.5. The summed E-state index contributed by atoms with van der Waals surface area (Å²) in [6.45, 7) is 0.193. The molecular formula is C32H20F4N3O2+3. The number of fused-ring (bicyclic) bond motifs is 10. The molecule has 5 nitrogen and oxygen atoms in total. The molecule has 8 rings (SSSR count). The first kappa shape index (κ1) is 23.9. The molecule has 0 radical (unpaired) electrons. The maximum absolute atomic E-state index is 15.9. The number of benzene rings is 2. The van der Waals surface area contributed by atoms with Gasteiger partial charge in [0.1, 0.15) is 23.3 Å². The third kappa shape index (κ3) is 3.06. The van der Waals surface area contributed by atoms with E-state index >= 15 is 17.6 Å². The first-order valence-electron chi connectivity index (χ1n) is 13.1. The highest BCUT2D eigenvalue weighted by Gasteiger charge is 2.71. The van der Waals surface area contributed by atoms with Gasteiger partial charge in [-0.25, -0.2) is 22.4 Å². The van der Waals surface area contributed by atoms with Gasteiger partial charge in [-0.3, -0.25) is 0 Å².